The Balaban J connectivity index is 2.15. The summed E-state index contributed by atoms with van der Waals surface area (Å²) in [5.41, 5.74) is 1.10. The number of methoxy groups -OCH3 is 1. The Morgan fingerprint density at radius 2 is 2.10 bits per heavy atom. The molecule has 110 valence electrons. The molecule has 0 bridgehead atoms. The summed E-state index contributed by atoms with van der Waals surface area (Å²) in [6.45, 7) is 3.52. The first kappa shape index (κ1) is 14.9. The Morgan fingerprint density at radius 1 is 1.35 bits per heavy atom. The van der Waals surface area contributed by atoms with E-state index in [0.29, 0.717) is 6.42 Å². The maximum absolute atomic E-state index is 10.6. The van der Waals surface area contributed by atoms with Crippen LogP contribution in [-0.2, 0) is 9.53 Å². The van der Waals surface area contributed by atoms with Crippen molar-refractivity contribution in [2.45, 2.75) is 38.2 Å². The van der Waals surface area contributed by atoms with Gasteiger partial charge in [0.25, 0.3) is 0 Å². The highest BCUT2D eigenvalue weighted by molar-refractivity contribution is 5.52. The molecule has 0 N–H and O–H groups in total. The molecule has 1 aliphatic rings. The van der Waals surface area contributed by atoms with Crippen LogP contribution in [0.1, 0.15) is 37.7 Å². The lowest BCUT2D eigenvalue weighted by molar-refractivity contribution is -0.108. The van der Waals surface area contributed by atoms with Crippen LogP contribution in [0.25, 0.3) is 0 Å². The molecule has 1 unspecified atom stereocenters. The van der Waals surface area contributed by atoms with Crippen LogP contribution >= 0.6 is 0 Å². The molecule has 1 saturated heterocycles. The third kappa shape index (κ3) is 3.73. The van der Waals surface area contributed by atoms with Gasteiger partial charge < -0.3 is 19.0 Å². The Kier molecular flexibility index (Phi) is 5.41. The zero-order chi connectivity index (χ0) is 14.4. The maximum atomic E-state index is 10.6. The van der Waals surface area contributed by atoms with Gasteiger partial charge in [-0.25, -0.2) is 0 Å². The lowest BCUT2D eigenvalue weighted by Crippen LogP contribution is -2.26. The van der Waals surface area contributed by atoms with E-state index in [0.717, 1.165) is 49.4 Å². The van der Waals surface area contributed by atoms with Gasteiger partial charge in [0, 0.05) is 19.3 Å². The average molecular weight is 278 g/mol. The number of benzene rings is 1. The Hall–Kier alpha value is -1.55. The molecule has 2 rings (SSSR count). The molecule has 1 heterocycles. The van der Waals surface area contributed by atoms with E-state index in [2.05, 4.69) is 0 Å². The van der Waals surface area contributed by atoms with Crippen molar-refractivity contribution in [3.8, 4) is 11.5 Å². The first-order valence-corrected chi connectivity index (χ1v) is 7.10. The minimum atomic E-state index is 0.175. The number of hydrogen-bond donors (Lipinski definition) is 0. The lowest BCUT2D eigenvalue weighted by Gasteiger charge is -2.24. The maximum Gasteiger partial charge on any atom is 0.161 e. The van der Waals surface area contributed by atoms with Crippen LogP contribution in [0.4, 0.5) is 0 Å². The van der Waals surface area contributed by atoms with E-state index >= 15 is 0 Å². The van der Waals surface area contributed by atoms with Gasteiger partial charge in [0.15, 0.2) is 11.5 Å². The van der Waals surface area contributed by atoms with Gasteiger partial charge in [0.2, 0.25) is 0 Å². The molecule has 0 spiro atoms. The van der Waals surface area contributed by atoms with Gasteiger partial charge in [-0.1, -0.05) is 13.0 Å². The van der Waals surface area contributed by atoms with Crippen molar-refractivity contribution in [1.29, 1.82) is 0 Å². The third-order valence-electron chi connectivity index (χ3n) is 3.67. The minimum Gasteiger partial charge on any atom is -0.493 e. The lowest BCUT2D eigenvalue weighted by atomic mass is 9.98. The van der Waals surface area contributed by atoms with Crippen LogP contribution in [-0.4, -0.2) is 32.7 Å². The van der Waals surface area contributed by atoms with Crippen molar-refractivity contribution in [1.82, 2.24) is 0 Å². The van der Waals surface area contributed by atoms with E-state index in [4.69, 9.17) is 14.2 Å². The van der Waals surface area contributed by atoms with E-state index in [-0.39, 0.29) is 12.0 Å². The summed E-state index contributed by atoms with van der Waals surface area (Å²) in [7, 11) is 1.64. The smallest absolute Gasteiger partial charge is 0.161 e. The molecule has 0 aliphatic carbocycles. The molecule has 0 aromatic heterocycles. The molecule has 1 aliphatic heterocycles. The van der Waals surface area contributed by atoms with Gasteiger partial charge in [-0.15, -0.1) is 0 Å². The molecule has 1 fully saturated rings. The number of ether oxygens (including phenoxy) is 3. The zero-order valence-electron chi connectivity index (χ0n) is 12.1. The van der Waals surface area contributed by atoms with E-state index in [1.54, 1.807) is 7.11 Å². The number of hydrogen-bond acceptors (Lipinski definition) is 4. The number of carbonyl (C=O) groups is 1. The van der Waals surface area contributed by atoms with Crippen molar-refractivity contribution in [3.63, 3.8) is 0 Å². The molecule has 0 saturated carbocycles. The third-order valence-corrected chi connectivity index (χ3v) is 3.67. The summed E-state index contributed by atoms with van der Waals surface area (Å²) in [4.78, 5) is 10.6. The predicted octanol–water partition coefficient (Wildman–Crippen LogP) is 2.95. The highest BCUT2D eigenvalue weighted by Gasteiger charge is 2.18. The fraction of sp³-hybridized carbons (Fsp3) is 0.562. The molecule has 0 radical (unpaired) electrons. The molecular weight excluding hydrogens is 256 g/mol. The van der Waals surface area contributed by atoms with E-state index in [1.165, 1.54) is 0 Å². The monoisotopic (exact) mass is 278 g/mol. The normalized spacial score (nSPS) is 17.5. The first-order valence-electron chi connectivity index (χ1n) is 7.10. The summed E-state index contributed by atoms with van der Waals surface area (Å²) in [6, 6.07) is 5.89. The van der Waals surface area contributed by atoms with Gasteiger partial charge in [0.05, 0.1) is 20.3 Å². The van der Waals surface area contributed by atoms with Crippen molar-refractivity contribution in [2.24, 2.45) is 0 Å². The van der Waals surface area contributed by atoms with Gasteiger partial charge >= 0.3 is 0 Å². The number of carbonyl (C=O) groups excluding carboxylic acids is 1. The molecule has 1 atom stereocenters. The zero-order valence-corrected chi connectivity index (χ0v) is 12.1. The van der Waals surface area contributed by atoms with Crippen molar-refractivity contribution >= 4 is 6.29 Å². The van der Waals surface area contributed by atoms with Crippen molar-refractivity contribution in [3.05, 3.63) is 23.8 Å². The average Bonchev–Trinajstić information content (AvgIpc) is 2.48. The summed E-state index contributed by atoms with van der Waals surface area (Å²) >= 11 is 0. The molecule has 4 nitrogen and oxygen atoms in total. The fourth-order valence-corrected chi connectivity index (χ4v) is 2.35. The summed E-state index contributed by atoms with van der Waals surface area (Å²) in [5.74, 6) is 1.68. The Morgan fingerprint density at radius 3 is 2.75 bits per heavy atom. The second-order valence-corrected chi connectivity index (χ2v) is 5.14. The molecule has 20 heavy (non-hydrogen) atoms. The Bertz CT molecular complexity index is 438. The van der Waals surface area contributed by atoms with Crippen molar-refractivity contribution < 1.29 is 19.0 Å². The van der Waals surface area contributed by atoms with Gasteiger partial charge in [-0.3, -0.25) is 0 Å². The van der Waals surface area contributed by atoms with Gasteiger partial charge in [-0.05, 0) is 23.6 Å². The van der Waals surface area contributed by atoms with Crippen LogP contribution in [0.2, 0.25) is 0 Å². The SMILES string of the molecule is COc1ccc(C(C)CC=O)cc1OC1CCOCC1. The summed E-state index contributed by atoms with van der Waals surface area (Å²) in [6.07, 6.45) is 3.44. The van der Waals surface area contributed by atoms with Gasteiger partial charge in [-0.2, -0.15) is 0 Å². The van der Waals surface area contributed by atoms with Crippen LogP contribution in [0.3, 0.4) is 0 Å². The van der Waals surface area contributed by atoms with E-state index in [9.17, 15) is 4.79 Å². The van der Waals surface area contributed by atoms with Crippen molar-refractivity contribution in [2.75, 3.05) is 20.3 Å². The predicted molar refractivity (Wildman–Crippen MR) is 76.6 cm³/mol. The summed E-state index contributed by atoms with van der Waals surface area (Å²) < 4.78 is 16.7. The minimum absolute atomic E-state index is 0.175. The van der Waals surface area contributed by atoms with E-state index < -0.39 is 0 Å². The van der Waals surface area contributed by atoms with Gasteiger partial charge in [0.1, 0.15) is 12.4 Å². The molecular formula is C16H22O4. The molecule has 4 heteroatoms. The largest absolute Gasteiger partial charge is 0.493 e. The quantitative estimate of drug-likeness (QED) is 0.750. The molecule has 0 amide bonds. The highest BCUT2D eigenvalue weighted by atomic mass is 16.5. The summed E-state index contributed by atoms with van der Waals surface area (Å²) in [5, 5.41) is 0. The molecule has 1 aromatic rings. The second-order valence-electron chi connectivity index (χ2n) is 5.14. The Labute approximate surface area is 120 Å². The highest BCUT2D eigenvalue weighted by Crippen LogP contribution is 2.33. The second kappa shape index (κ2) is 7.29. The standard InChI is InChI=1S/C16H22O4/c1-12(5-8-17)13-3-4-15(18-2)16(11-13)20-14-6-9-19-10-7-14/h3-4,8,11-12,14H,5-7,9-10H2,1-2H3. The number of rotatable bonds is 6. The number of aldehydes is 1. The first-order chi connectivity index (χ1) is 9.74. The van der Waals surface area contributed by atoms with Crippen LogP contribution in [0, 0.1) is 0 Å². The topological polar surface area (TPSA) is 44.8 Å². The van der Waals surface area contributed by atoms with Crippen LogP contribution < -0.4 is 9.47 Å². The molecule has 1 aromatic carbocycles. The van der Waals surface area contributed by atoms with Crippen LogP contribution in [0.5, 0.6) is 11.5 Å². The van der Waals surface area contributed by atoms with Crippen LogP contribution in [0.15, 0.2) is 18.2 Å². The fourth-order valence-electron chi connectivity index (χ4n) is 2.35. The van der Waals surface area contributed by atoms with E-state index in [1.807, 2.05) is 25.1 Å².